The largest absolute Gasteiger partial charge is 0.389 e. The van der Waals surface area contributed by atoms with Crippen LogP contribution in [0, 0.1) is 0 Å². The molecule has 1 aliphatic heterocycles. The zero-order chi connectivity index (χ0) is 15.0. The molecule has 7 nitrogen and oxygen atoms in total. The minimum absolute atomic E-state index is 0.0382. The van der Waals surface area contributed by atoms with Crippen molar-refractivity contribution in [2.45, 2.75) is 57.2 Å². The maximum absolute atomic E-state index is 12.4. The third kappa shape index (κ3) is 2.74. The summed E-state index contributed by atoms with van der Waals surface area (Å²) in [4.78, 5) is 25.9. The van der Waals surface area contributed by atoms with Gasteiger partial charge in [-0.05, 0) is 12.8 Å². The summed E-state index contributed by atoms with van der Waals surface area (Å²) in [5.41, 5.74) is -0.973. The first-order chi connectivity index (χ1) is 9.98. The van der Waals surface area contributed by atoms with Crippen molar-refractivity contribution in [3.05, 3.63) is 16.3 Å². The van der Waals surface area contributed by atoms with E-state index in [4.69, 9.17) is 0 Å². The maximum Gasteiger partial charge on any atom is 0.345 e. The number of hydrogen-bond donors (Lipinski definition) is 1. The van der Waals surface area contributed by atoms with Crippen LogP contribution in [0.25, 0.3) is 0 Å². The zero-order valence-electron chi connectivity index (χ0n) is 12.4. The lowest BCUT2D eigenvalue weighted by Crippen LogP contribution is -2.44. The highest BCUT2D eigenvalue weighted by Crippen LogP contribution is 2.31. The SMILES string of the molecule is Cn1nc2n(c1=O)CCN(C(=O)CC1(O)CCCCC1)C2. The highest BCUT2D eigenvalue weighted by atomic mass is 16.3. The van der Waals surface area contributed by atoms with E-state index in [9.17, 15) is 14.7 Å². The van der Waals surface area contributed by atoms with Gasteiger partial charge in [0.1, 0.15) is 0 Å². The minimum atomic E-state index is -0.837. The number of carbonyl (C=O) groups is 1. The summed E-state index contributed by atoms with van der Waals surface area (Å²) >= 11 is 0. The molecule has 116 valence electrons. The molecule has 2 aliphatic rings. The molecule has 2 heterocycles. The third-order valence-electron chi connectivity index (χ3n) is 4.63. The molecule has 0 atom stereocenters. The fraction of sp³-hybridized carbons (Fsp3) is 0.786. The van der Waals surface area contributed by atoms with Gasteiger partial charge < -0.3 is 10.0 Å². The molecule has 0 radical (unpaired) electrons. The van der Waals surface area contributed by atoms with Crippen LogP contribution in [-0.4, -0.2) is 42.4 Å². The van der Waals surface area contributed by atoms with Crippen molar-refractivity contribution in [2.24, 2.45) is 7.05 Å². The van der Waals surface area contributed by atoms with Crippen molar-refractivity contribution in [1.29, 1.82) is 0 Å². The van der Waals surface area contributed by atoms with E-state index in [1.807, 2.05) is 0 Å². The quantitative estimate of drug-likeness (QED) is 0.833. The number of amides is 1. The van der Waals surface area contributed by atoms with Gasteiger partial charge in [-0.2, -0.15) is 5.10 Å². The molecule has 0 spiro atoms. The Morgan fingerprint density at radius 1 is 1.29 bits per heavy atom. The number of hydrogen-bond acceptors (Lipinski definition) is 4. The Morgan fingerprint density at radius 3 is 2.71 bits per heavy atom. The maximum atomic E-state index is 12.4. The standard InChI is InChI=1S/C14H22N4O3/c1-16-13(20)18-8-7-17(10-11(18)15-16)12(19)9-14(21)5-3-2-4-6-14/h21H,2-10H2,1H3. The Morgan fingerprint density at radius 2 is 2.00 bits per heavy atom. The van der Waals surface area contributed by atoms with Gasteiger partial charge in [-0.1, -0.05) is 19.3 Å². The van der Waals surface area contributed by atoms with Gasteiger partial charge >= 0.3 is 5.69 Å². The molecule has 21 heavy (non-hydrogen) atoms. The lowest BCUT2D eigenvalue weighted by molar-refractivity contribution is -0.139. The molecule has 1 fully saturated rings. The van der Waals surface area contributed by atoms with Gasteiger partial charge in [0.25, 0.3) is 0 Å². The number of aryl methyl sites for hydroxylation is 1. The normalized spacial score (nSPS) is 21.1. The Kier molecular flexibility index (Phi) is 3.61. The van der Waals surface area contributed by atoms with E-state index in [2.05, 4.69) is 5.10 Å². The monoisotopic (exact) mass is 294 g/mol. The fourth-order valence-electron chi connectivity index (χ4n) is 3.36. The molecule has 7 heteroatoms. The van der Waals surface area contributed by atoms with Gasteiger partial charge in [0, 0.05) is 20.1 Å². The predicted molar refractivity (Wildman–Crippen MR) is 75.5 cm³/mol. The van der Waals surface area contributed by atoms with Crippen LogP contribution in [0.2, 0.25) is 0 Å². The number of carbonyl (C=O) groups excluding carboxylic acids is 1. The van der Waals surface area contributed by atoms with Crippen molar-refractivity contribution in [3.8, 4) is 0 Å². The summed E-state index contributed by atoms with van der Waals surface area (Å²) in [6, 6.07) is 0. The molecule has 1 N–H and O–H groups in total. The van der Waals surface area contributed by atoms with Crippen LogP contribution in [0.3, 0.4) is 0 Å². The van der Waals surface area contributed by atoms with E-state index >= 15 is 0 Å². The smallest absolute Gasteiger partial charge is 0.345 e. The van der Waals surface area contributed by atoms with E-state index in [0.29, 0.717) is 38.3 Å². The molecule has 0 bridgehead atoms. The lowest BCUT2D eigenvalue weighted by Gasteiger charge is -2.34. The second-order valence-corrected chi connectivity index (χ2v) is 6.25. The van der Waals surface area contributed by atoms with E-state index in [0.717, 1.165) is 19.3 Å². The second-order valence-electron chi connectivity index (χ2n) is 6.25. The van der Waals surface area contributed by atoms with Crippen LogP contribution >= 0.6 is 0 Å². The first kappa shape index (κ1) is 14.3. The van der Waals surface area contributed by atoms with Crippen LogP contribution < -0.4 is 5.69 Å². The van der Waals surface area contributed by atoms with Crippen LogP contribution in [0.4, 0.5) is 0 Å². The van der Waals surface area contributed by atoms with Gasteiger partial charge in [-0.3, -0.25) is 9.36 Å². The Balaban J connectivity index is 1.68. The number of aromatic nitrogens is 3. The summed E-state index contributed by atoms with van der Waals surface area (Å²) in [5.74, 6) is 0.585. The first-order valence-electron chi connectivity index (χ1n) is 7.61. The molecular formula is C14H22N4O3. The molecular weight excluding hydrogens is 272 g/mol. The second kappa shape index (κ2) is 5.29. The van der Waals surface area contributed by atoms with Crippen LogP contribution in [0.5, 0.6) is 0 Å². The molecule has 0 aromatic carbocycles. The molecule has 1 amide bonds. The zero-order valence-corrected chi connectivity index (χ0v) is 12.4. The summed E-state index contributed by atoms with van der Waals surface area (Å²) in [6.45, 7) is 1.34. The van der Waals surface area contributed by atoms with Gasteiger partial charge in [-0.25, -0.2) is 9.48 Å². The van der Waals surface area contributed by atoms with Crippen molar-refractivity contribution in [1.82, 2.24) is 19.2 Å². The van der Waals surface area contributed by atoms with Crippen molar-refractivity contribution in [3.63, 3.8) is 0 Å². The molecule has 1 saturated carbocycles. The Labute approximate surface area is 123 Å². The number of rotatable bonds is 2. The highest BCUT2D eigenvalue weighted by molar-refractivity contribution is 5.77. The lowest BCUT2D eigenvalue weighted by atomic mass is 9.82. The molecule has 0 saturated heterocycles. The minimum Gasteiger partial charge on any atom is -0.389 e. The summed E-state index contributed by atoms with van der Waals surface area (Å²) in [5, 5.41) is 14.7. The summed E-state index contributed by atoms with van der Waals surface area (Å²) in [6.07, 6.45) is 4.72. The fourth-order valence-corrected chi connectivity index (χ4v) is 3.36. The van der Waals surface area contributed by atoms with Gasteiger partial charge in [-0.15, -0.1) is 0 Å². The molecule has 3 rings (SSSR count). The molecule has 1 aromatic heterocycles. The van der Waals surface area contributed by atoms with Crippen molar-refractivity contribution >= 4 is 5.91 Å². The van der Waals surface area contributed by atoms with Crippen LogP contribution in [0.15, 0.2) is 4.79 Å². The Hall–Kier alpha value is -1.63. The predicted octanol–water partition coefficient (Wildman–Crippen LogP) is 0.00930. The van der Waals surface area contributed by atoms with Crippen LogP contribution in [-0.2, 0) is 24.9 Å². The average molecular weight is 294 g/mol. The number of nitrogens with zero attached hydrogens (tertiary/aromatic N) is 4. The topological polar surface area (TPSA) is 80.4 Å². The third-order valence-corrected chi connectivity index (χ3v) is 4.63. The van der Waals surface area contributed by atoms with E-state index < -0.39 is 5.60 Å². The van der Waals surface area contributed by atoms with Gasteiger partial charge in [0.15, 0.2) is 5.82 Å². The van der Waals surface area contributed by atoms with Gasteiger partial charge in [0.05, 0.1) is 18.6 Å². The summed E-state index contributed by atoms with van der Waals surface area (Å²) < 4.78 is 2.91. The number of fused-ring (bicyclic) bond motifs is 1. The molecule has 1 aliphatic carbocycles. The van der Waals surface area contributed by atoms with E-state index in [-0.39, 0.29) is 18.0 Å². The van der Waals surface area contributed by atoms with Crippen LogP contribution in [0.1, 0.15) is 44.3 Å². The van der Waals surface area contributed by atoms with Crippen molar-refractivity contribution in [2.75, 3.05) is 6.54 Å². The summed E-state index contributed by atoms with van der Waals surface area (Å²) in [7, 11) is 1.62. The molecule has 0 unspecified atom stereocenters. The Bertz CT molecular complexity index is 598. The van der Waals surface area contributed by atoms with E-state index in [1.54, 1.807) is 16.5 Å². The number of aliphatic hydroxyl groups is 1. The van der Waals surface area contributed by atoms with Crippen molar-refractivity contribution < 1.29 is 9.90 Å². The average Bonchev–Trinajstić information content (AvgIpc) is 2.74. The first-order valence-corrected chi connectivity index (χ1v) is 7.61. The van der Waals surface area contributed by atoms with E-state index in [1.165, 1.54) is 4.68 Å². The highest BCUT2D eigenvalue weighted by Gasteiger charge is 2.34. The molecule has 1 aromatic rings. The van der Waals surface area contributed by atoms with Gasteiger partial charge in [0.2, 0.25) is 5.91 Å².